The number of hydrogen-bond donors (Lipinski definition) is 2. The Labute approximate surface area is 96.5 Å². The number of ether oxygens (including phenoxy) is 1. The van der Waals surface area contributed by atoms with E-state index in [4.69, 9.17) is 4.74 Å². The molecule has 0 unspecified atom stereocenters. The molecule has 0 saturated heterocycles. The van der Waals surface area contributed by atoms with E-state index in [1.807, 2.05) is 0 Å². The molecule has 0 aliphatic heterocycles. The minimum atomic E-state index is -0.283. The van der Waals surface area contributed by atoms with Crippen molar-refractivity contribution >= 4 is 11.2 Å². The molecule has 2 heterocycles. The Hall–Kier alpha value is -0.850. The number of rotatable bonds is 1. The summed E-state index contributed by atoms with van der Waals surface area (Å²) >= 11 is 0. The number of imidazole rings is 1. The van der Waals surface area contributed by atoms with Gasteiger partial charge in [-0.15, -0.1) is 0 Å². The van der Waals surface area contributed by atoms with Crippen LogP contribution in [-0.4, -0.2) is 27.0 Å². The van der Waals surface area contributed by atoms with Crippen molar-refractivity contribution in [1.29, 1.82) is 0 Å². The first-order valence-corrected chi connectivity index (χ1v) is 3.28. The second-order valence-electron chi connectivity index (χ2n) is 2.18. The van der Waals surface area contributed by atoms with Crippen molar-refractivity contribution < 1.29 is 35.7 Å². The molecule has 64 valence electrons. The maximum Gasteiger partial charge on any atom is 1.00 e. The van der Waals surface area contributed by atoms with E-state index in [-0.39, 0.29) is 42.6 Å². The predicted octanol–water partition coefficient (Wildman–Crippen LogP) is -3.23. The molecule has 0 aliphatic carbocycles. The minimum Gasteiger partial charge on any atom is -1.00 e. The van der Waals surface area contributed by atoms with Crippen LogP contribution in [0.15, 0.2) is 11.1 Å². The molecular formula is C6H7N4NaO2. The normalized spacial score (nSPS) is 9.62. The van der Waals surface area contributed by atoms with Crippen molar-refractivity contribution in [3.63, 3.8) is 0 Å². The standard InChI is InChI=1S/C6H6N4O2.Na.H/c1-12-6-9-4-3(5(11)10-6)7-2-8-4;;/h2H,1H3,(H2,7,8,9,10,11);;/q;+1;-1. The van der Waals surface area contributed by atoms with E-state index in [2.05, 4.69) is 19.9 Å². The molecule has 0 spiro atoms. The first kappa shape index (κ1) is 10.2. The van der Waals surface area contributed by atoms with Crippen molar-refractivity contribution in [1.82, 2.24) is 19.9 Å². The molecule has 0 fully saturated rings. The molecule has 0 atom stereocenters. The van der Waals surface area contributed by atoms with Crippen LogP contribution >= 0.6 is 0 Å². The second-order valence-corrected chi connectivity index (χ2v) is 2.18. The van der Waals surface area contributed by atoms with Gasteiger partial charge in [0, 0.05) is 0 Å². The molecule has 2 rings (SSSR count). The van der Waals surface area contributed by atoms with E-state index in [1.54, 1.807) is 0 Å². The van der Waals surface area contributed by atoms with E-state index in [0.717, 1.165) is 0 Å². The molecule has 0 amide bonds. The van der Waals surface area contributed by atoms with E-state index < -0.39 is 0 Å². The molecule has 0 saturated carbocycles. The first-order chi connectivity index (χ1) is 5.81. The van der Waals surface area contributed by atoms with Crippen LogP contribution in [0.25, 0.3) is 11.2 Å². The van der Waals surface area contributed by atoms with Gasteiger partial charge < -0.3 is 11.1 Å². The van der Waals surface area contributed by atoms with Crippen LogP contribution in [0, 0.1) is 0 Å². The molecular weight excluding hydrogens is 183 g/mol. The molecule has 0 aromatic carbocycles. The van der Waals surface area contributed by atoms with Gasteiger partial charge in [0.2, 0.25) is 0 Å². The topological polar surface area (TPSA) is 83.7 Å². The zero-order chi connectivity index (χ0) is 8.55. The fourth-order valence-electron chi connectivity index (χ4n) is 0.919. The third-order valence-corrected chi connectivity index (χ3v) is 1.47. The summed E-state index contributed by atoms with van der Waals surface area (Å²) in [7, 11) is 1.43. The Morgan fingerprint density at radius 3 is 3.08 bits per heavy atom. The summed E-state index contributed by atoms with van der Waals surface area (Å²) in [6.07, 6.45) is 1.41. The molecule has 0 aliphatic rings. The van der Waals surface area contributed by atoms with Crippen molar-refractivity contribution in [3.05, 3.63) is 16.7 Å². The van der Waals surface area contributed by atoms with Gasteiger partial charge >= 0.3 is 29.6 Å². The zero-order valence-electron chi connectivity index (χ0n) is 8.29. The summed E-state index contributed by atoms with van der Waals surface area (Å²) in [5, 5.41) is 0. The van der Waals surface area contributed by atoms with Crippen LogP contribution < -0.4 is 39.9 Å². The number of H-pyrrole nitrogens is 2. The second kappa shape index (κ2) is 3.91. The Morgan fingerprint density at radius 1 is 1.62 bits per heavy atom. The Bertz CT molecular complexity index is 468. The van der Waals surface area contributed by atoms with Crippen LogP contribution in [0.3, 0.4) is 0 Å². The van der Waals surface area contributed by atoms with Crippen LogP contribution in [0.5, 0.6) is 6.01 Å². The maximum atomic E-state index is 11.2. The monoisotopic (exact) mass is 190 g/mol. The van der Waals surface area contributed by atoms with E-state index >= 15 is 0 Å². The molecule has 0 bridgehead atoms. The van der Waals surface area contributed by atoms with Crippen molar-refractivity contribution in [3.8, 4) is 6.01 Å². The quantitative estimate of drug-likeness (QED) is 0.463. The number of aromatic nitrogens is 4. The minimum absolute atomic E-state index is 0. The molecule has 13 heavy (non-hydrogen) atoms. The molecule has 6 nitrogen and oxygen atoms in total. The number of fused-ring (bicyclic) bond motifs is 1. The Morgan fingerprint density at radius 2 is 2.38 bits per heavy atom. The van der Waals surface area contributed by atoms with Crippen LogP contribution in [-0.2, 0) is 0 Å². The van der Waals surface area contributed by atoms with E-state index in [0.29, 0.717) is 11.2 Å². The summed E-state index contributed by atoms with van der Waals surface area (Å²) in [4.78, 5) is 24.0. The third kappa shape index (κ3) is 1.74. The summed E-state index contributed by atoms with van der Waals surface area (Å²) in [6, 6.07) is 0.166. The number of nitrogens with one attached hydrogen (secondary N) is 2. The molecule has 7 heteroatoms. The van der Waals surface area contributed by atoms with Gasteiger partial charge in [0.05, 0.1) is 13.4 Å². The average Bonchev–Trinajstić information content (AvgIpc) is 2.52. The van der Waals surface area contributed by atoms with Crippen molar-refractivity contribution in [2.45, 2.75) is 0 Å². The fraction of sp³-hybridized carbons (Fsp3) is 0.167. The number of aromatic amines is 2. The summed E-state index contributed by atoms with van der Waals surface area (Å²) in [5.41, 5.74) is 0.431. The third-order valence-electron chi connectivity index (χ3n) is 1.47. The SMILES string of the molecule is COc1nc2nc[nH]c2c(=O)[nH]1.[H-].[Na+]. The van der Waals surface area contributed by atoms with Crippen molar-refractivity contribution in [2.24, 2.45) is 0 Å². The molecule has 0 radical (unpaired) electrons. The molecule has 2 aromatic heterocycles. The summed E-state index contributed by atoms with van der Waals surface area (Å²) in [5.74, 6) is 0. The number of hydrogen-bond acceptors (Lipinski definition) is 4. The largest absolute Gasteiger partial charge is 1.00 e. The zero-order valence-corrected chi connectivity index (χ0v) is 9.29. The van der Waals surface area contributed by atoms with Gasteiger partial charge in [-0.2, -0.15) is 4.98 Å². The van der Waals surface area contributed by atoms with Gasteiger partial charge in [-0.25, -0.2) is 4.98 Å². The van der Waals surface area contributed by atoms with Crippen LogP contribution in [0.4, 0.5) is 0 Å². The maximum absolute atomic E-state index is 11.2. The molecule has 2 N–H and O–H groups in total. The number of methoxy groups -OCH3 is 1. The van der Waals surface area contributed by atoms with Gasteiger partial charge in [-0.1, -0.05) is 0 Å². The van der Waals surface area contributed by atoms with Gasteiger partial charge in [-0.05, 0) is 0 Å². The predicted molar refractivity (Wildman–Crippen MR) is 42.2 cm³/mol. The van der Waals surface area contributed by atoms with Gasteiger partial charge in [0.1, 0.15) is 0 Å². The van der Waals surface area contributed by atoms with Crippen LogP contribution in [0.1, 0.15) is 1.43 Å². The summed E-state index contributed by atoms with van der Waals surface area (Å²) < 4.78 is 4.75. The van der Waals surface area contributed by atoms with Crippen molar-refractivity contribution in [2.75, 3.05) is 7.11 Å². The van der Waals surface area contributed by atoms with Gasteiger partial charge in [0.15, 0.2) is 11.2 Å². The first-order valence-electron chi connectivity index (χ1n) is 3.28. The van der Waals surface area contributed by atoms with Crippen LogP contribution in [0.2, 0.25) is 0 Å². The van der Waals surface area contributed by atoms with Gasteiger partial charge in [0.25, 0.3) is 11.6 Å². The van der Waals surface area contributed by atoms with E-state index in [9.17, 15) is 4.79 Å². The van der Waals surface area contributed by atoms with Gasteiger partial charge in [-0.3, -0.25) is 9.78 Å². The van der Waals surface area contributed by atoms with E-state index in [1.165, 1.54) is 13.4 Å². The fourth-order valence-corrected chi connectivity index (χ4v) is 0.919. The summed E-state index contributed by atoms with van der Waals surface area (Å²) in [6.45, 7) is 0. The smallest absolute Gasteiger partial charge is 1.00 e. The number of nitrogens with zero attached hydrogens (tertiary/aromatic N) is 2. The Balaban J connectivity index is 0.000000845. The average molecular weight is 190 g/mol. The molecule has 2 aromatic rings. The Kier molecular flexibility index (Phi) is 3.07.